The number of nitrogens with zero attached hydrogens (tertiary/aromatic N) is 3. The number of aromatic nitrogens is 1. The van der Waals surface area contributed by atoms with Gasteiger partial charge in [-0.2, -0.15) is 0 Å². The molecule has 2 heterocycles. The number of hydrogen-bond donors (Lipinski definition) is 1. The van der Waals surface area contributed by atoms with Crippen molar-refractivity contribution in [2.45, 2.75) is 31.8 Å². The van der Waals surface area contributed by atoms with Gasteiger partial charge in [-0.25, -0.2) is 4.98 Å². The summed E-state index contributed by atoms with van der Waals surface area (Å²) in [6, 6.07) is 10.8. The maximum atomic E-state index is 12.7. The molecule has 1 atom stereocenters. The quantitative estimate of drug-likeness (QED) is 0.861. The number of rotatable bonds is 6. The first-order valence-electron chi connectivity index (χ1n) is 8.85. The van der Waals surface area contributed by atoms with E-state index in [1.165, 1.54) is 16.9 Å². The van der Waals surface area contributed by atoms with E-state index >= 15 is 0 Å². The fourth-order valence-electron chi connectivity index (χ4n) is 3.33. The van der Waals surface area contributed by atoms with Crippen molar-refractivity contribution in [3.05, 3.63) is 52.0 Å². The van der Waals surface area contributed by atoms with Gasteiger partial charge in [0.1, 0.15) is 5.69 Å². The number of piperidine rings is 1. The molecule has 0 radical (unpaired) electrons. The molecule has 6 heteroatoms. The number of benzene rings is 1. The number of thiazole rings is 1. The molecule has 0 spiro atoms. The lowest BCUT2D eigenvalue weighted by molar-refractivity contribution is 0.0604. The van der Waals surface area contributed by atoms with Gasteiger partial charge >= 0.3 is 0 Å². The molecule has 1 aromatic carbocycles. The van der Waals surface area contributed by atoms with Crippen LogP contribution in [0.15, 0.2) is 35.7 Å². The molecule has 1 aliphatic rings. The van der Waals surface area contributed by atoms with E-state index in [4.69, 9.17) is 5.73 Å². The zero-order valence-electron chi connectivity index (χ0n) is 14.7. The van der Waals surface area contributed by atoms with E-state index in [-0.39, 0.29) is 11.9 Å². The van der Waals surface area contributed by atoms with E-state index in [9.17, 15) is 4.79 Å². The summed E-state index contributed by atoms with van der Waals surface area (Å²) in [5, 5.41) is 2.79. The lowest BCUT2D eigenvalue weighted by atomic mass is 10.0. The van der Waals surface area contributed by atoms with E-state index < -0.39 is 0 Å². The third kappa shape index (κ3) is 4.66. The Bertz CT molecular complexity index is 688. The van der Waals surface area contributed by atoms with Crippen LogP contribution in [0.25, 0.3) is 0 Å². The molecule has 0 aliphatic carbocycles. The maximum absolute atomic E-state index is 12.7. The predicted octanol–water partition coefficient (Wildman–Crippen LogP) is 2.38. The summed E-state index contributed by atoms with van der Waals surface area (Å²) in [5.41, 5.74) is 7.44. The van der Waals surface area contributed by atoms with Crippen molar-refractivity contribution in [2.75, 3.05) is 26.7 Å². The van der Waals surface area contributed by atoms with E-state index in [1.54, 1.807) is 0 Å². The maximum Gasteiger partial charge on any atom is 0.273 e. The van der Waals surface area contributed by atoms with Crippen LogP contribution in [0.1, 0.15) is 33.9 Å². The Kier molecular flexibility index (Phi) is 6.18. The number of carbonyl (C=O) groups excluding carboxylic acids is 1. The average molecular weight is 359 g/mol. The molecule has 5 nitrogen and oxygen atoms in total. The Balaban J connectivity index is 1.60. The predicted molar refractivity (Wildman–Crippen MR) is 102 cm³/mol. The number of amides is 1. The van der Waals surface area contributed by atoms with Crippen LogP contribution in [-0.2, 0) is 13.0 Å². The molecular weight excluding hydrogens is 332 g/mol. The standard InChI is InChI=1S/C19H26N4OS/c1-22(19(24)17-14-25-18(21-17)9-10-20)16-8-5-11-23(13-16)12-15-6-3-2-4-7-15/h2-4,6-7,14,16H,5,8-13,20H2,1H3. The van der Waals surface area contributed by atoms with Crippen LogP contribution in [0, 0.1) is 0 Å². The first-order chi connectivity index (χ1) is 12.2. The lowest BCUT2D eigenvalue weighted by Crippen LogP contribution is -2.48. The number of carbonyl (C=O) groups is 1. The number of hydrogen-bond acceptors (Lipinski definition) is 5. The highest BCUT2D eigenvalue weighted by Crippen LogP contribution is 2.20. The topological polar surface area (TPSA) is 62.5 Å². The molecule has 0 bridgehead atoms. The Morgan fingerprint density at radius 3 is 2.96 bits per heavy atom. The molecule has 1 aromatic heterocycles. The van der Waals surface area contributed by atoms with Crippen LogP contribution in [0.5, 0.6) is 0 Å². The molecule has 1 aliphatic heterocycles. The Morgan fingerprint density at radius 2 is 2.20 bits per heavy atom. The fraction of sp³-hybridized carbons (Fsp3) is 0.474. The summed E-state index contributed by atoms with van der Waals surface area (Å²) in [6.07, 6.45) is 2.90. The van der Waals surface area contributed by atoms with Crippen LogP contribution in [0.4, 0.5) is 0 Å². The molecule has 1 amide bonds. The molecule has 3 rings (SSSR count). The smallest absolute Gasteiger partial charge is 0.273 e. The van der Waals surface area contributed by atoms with Crippen molar-refractivity contribution in [3.63, 3.8) is 0 Å². The van der Waals surface area contributed by atoms with Crippen LogP contribution in [0.2, 0.25) is 0 Å². The highest BCUT2D eigenvalue weighted by Gasteiger charge is 2.27. The molecule has 0 saturated carbocycles. The SMILES string of the molecule is CN(C(=O)c1csc(CCN)n1)C1CCCN(Cc2ccccc2)C1. The van der Waals surface area contributed by atoms with E-state index in [2.05, 4.69) is 34.1 Å². The van der Waals surface area contributed by atoms with Crippen LogP contribution < -0.4 is 5.73 Å². The van der Waals surface area contributed by atoms with Crippen molar-refractivity contribution < 1.29 is 4.79 Å². The van der Waals surface area contributed by atoms with Gasteiger partial charge < -0.3 is 10.6 Å². The Hall–Kier alpha value is -1.76. The minimum atomic E-state index is 0.0195. The third-order valence-corrected chi connectivity index (χ3v) is 5.64. The molecule has 134 valence electrons. The van der Waals surface area contributed by atoms with Crippen molar-refractivity contribution in [1.29, 1.82) is 0 Å². The average Bonchev–Trinajstić information content (AvgIpc) is 3.10. The van der Waals surface area contributed by atoms with E-state index in [0.29, 0.717) is 12.2 Å². The summed E-state index contributed by atoms with van der Waals surface area (Å²) in [5.74, 6) is 0.0195. The van der Waals surface area contributed by atoms with Gasteiger partial charge in [-0.3, -0.25) is 9.69 Å². The van der Waals surface area contributed by atoms with Gasteiger partial charge in [0.15, 0.2) is 0 Å². The minimum Gasteiger partial charge on any atom is -0.336 e. The van der Waals surface area contributed by atoms with Crippen molar-refractivity contribution >= 4 is 17.2 Å². The van der Waals surface area contributed by atoms with Gasteiger partial charge in [0, 0.05) is 38.0 Å². The number of nitrogens with two attached hydrogens (primary N) is 1. The molecule has 2 aromatic rings. The molecule has 1 fully saturated rings. The molecule has 1 saturated heterocycles. The molecule has 2 N–H and O–H groups in total. The lowest BCUT2D eigenvalue weighted by Gasteiger charge is -2.37. The van der Waals surface area contributed by atoms with Gasteiger partial charge in [0.2, 0.25) is 0 Å². The second kappa shape index (κ2) is 8.56. The summed E-state index contributed by atoms with van der Waals surface area (Å²) in [4.78, 5) is 21.5. The second-order valence-electron chi connectivity index (χ2n) is 6.60. The largest absolute Gasteiger partial charge is 0.336 e. The summed E-state index contributed by atoms with van der Waals surface area (Å²) < 4.78 is 0. The highest BCUT2D eigenvalue weighted by molar-refractivity contribution is 7.09. The summed E-state index contributed by atoms with van der Waals surface area (Å²) in [6.45, 7) is 3.51. The zero-order chi connectivity index (χ0) is 17.6. The van der Waals surface area contributed by atoms with E-state index in [0.717, 1.165) is 43.9 Å². The summed E-state index contributed by atoms with van der Waals surface area (Å²) in [7, 11) is 1.90. The molecular formula is C19H26N4OS. The van der Waals surface area contributed by atoms with Gasteiger partial charge in [0.25, 0.3) is 5.91 Å². The van der Waals surface area contributed by atoms with Crippen LogP contribution >= 0.6 is 11.3 Å². The van der Waals surface area contributed by atoms with E-state index in [1.807, 2.05) is 23.4 Å². The van der Waals surface area contributed by atoms with Gasteiger partial charge in [-0.05, 0) is 31.5 Å². The monoisotopic (exact) mass is 358 g/mol. The third-order valence-electron chi connectivity index (χ3n) is 4.73. The molecule has 1 unspecified atom stereocenters. The Labute approximate surface area is 153 Å². The Morgan fingerprint density at radius 1 is 1.40 bits per heavy atom. The minimum absolute atomic E-state index is 0.0195. The highest BCUT2D eigenvalue weighted by atomic mass is 32.1. The number of likely N-dealkylation sites (tertiary alicyclic amines) is 1. The van der Waals surface area contributed by atoms with Crippen molar-refractivity contribution in [3.8, 4) is 0 Å². The van der Waals surface area contributed by atoms with Crippen LogP contribution in [-0.4, -0.2) is 53.4 Å². The molecule has 25 heavy (non-hydrogen) atoms. The van der Waals surface area contributed by atoms with Crippen molar-refractivity contribution in [1.82, 2.24) is 14.8 Å². The van der Waals surface area contributed by atoms with Gasteiger partial charge in [0.05, 0.1) is 5.01 Å². The summed E-state index contributed by atoms with van der Waals surface area (Å²) >= 11 is 1.52. The zero-order valence-corrected chi connectivity index (χ0v) is 15.5. The number of likely N-dealkylation sites (N-methyl/N-ethyl adjacent to an activating group) is 1. The fourth-order valence-corrected chi connectivity index (χ4v) is 4.11. The van der Waals surface area contributed by atoms with Gasteiger partial charge in [-0.1, -0.05) is 30.3 Å². The first-order valence-corrected chi connectivity index (χ1v) is 9.73. The van der Waals surface area contributed by atoms with Crippen molar-refractivity contribution in [2.24, 2.45) is 5.73 Å². The normalized spacial score (nSPS) is 18.2. The first kappa shape index (κ1) is 18.0. The second-order valence-corrected chi connectivity index (χ2v) is 7.54. The van der Waals surface area contributed by atoms with Gasteiger partial charge in [-0.15, -0.1) is 11.3 Å². The van der Waals surface area contributed by atoms with Crippen LogP contribution in [0.3, 0.4) is 0 Å².